The van der Waals surface area contributed by atoms with Crippen LogP contribution in [-0.4, -0.2) is 46.2 Å². The number of fused-ring (bicyclic) bond motifs is 1. The van der Waals surface area contributed by atoms with Crippen molar-refractivity contribution < 1.29 is 14.5 Å². The van der Waals surface area contributed by atoms with Crippen molar-refractivity contribution in [2.24, 2.45) is 0 Å². The highest BCUT2D eigenvalue weighted by Crippen LogP contribution is 2.45. The van der Waals surface area contributed by atoms with E-state index in [9.17, 15) is 14.9 Å². The fraction of sp³-hybridized carbons (Fsp3) is 0.273. The minimum Gasteiger partial charge on any atom is -0.385 e. The first kappa shape index (κ1) is 19.8. The Kier molecular flexibility index (Phi) is 5.33. The molecule has 30 heavy (non-hydrogen) atoms. The molecule has 0 bridgehead atoms. The summed E-state index contributed by atoms with van der Waals surface area (Å²) in [5.41, 5.74) is 4.11. The molecule has 1 N–H and O–H groups in total. The first-order valence-electron chi connectivity index (χ1n) is 9.71. The molecule has 1 unspecified atom stereocenters. The highest BCUT2D eigenvalue weighted by Gasteiger charge is 2.44. The summed E-state index contributed by atoms with van der Waals surface area (Å²) in [5.74, 6) is -0.213. The summed E-state index contributed by atoms with van der Waals surface area (Å²) in [6.07, 6.45) is 0.622. The topological polar surface area (TPSA) is 101 Å². The van der Waals surface area contributed by atoms with Gasteiger partial charge in [0.25, 0.3) is 11.6 Å². The summed E-state index contributed by atoms with van der Waals surface area (Å²) in [6, 6.07) is 13.8. The van der Waals surface area contributed by atoms with Gasteiger partial charge in [-0.3, -0.25) is 20.0 Å². The first-order valence-corrected chi connectivity index (χ1v) is 9.71. The van der Waals surface area contributed by atoms with Gasteiger partial charge in [0.05, 0.1) is 22.2 Å². The molecule has 1 atom stereocenters. The van der Waals surface area contributed by atoms with E-state index in [2.05, 4.69) is 10.2 Å². The van der Waals surface area contributed by atoms with Crippen LogP contribution in [0.25, 0.3) is 11.3 Å². The maximum absolute atomic E-state index is 13.2. The van der Waals surface area contributed by atoms with Crippen LogP contribution in [0.5, 0.6) is 0 Å². The average Bonchev–Trinajstić information content (AvgIpc) is 3.28. The SMILES string of the molecule is COCCCN1C(=O)c2[nH]nc(-c3ccc(C)cc3)c2C1c1ccccc1[N+](=O)[O-]. The van der Waals surface area contributed by atoms with Gasteiger partial charge in [0.15, 0.2) is 0 Å². The molecule has 0 saturated carbocycles. The van der Waals surface area contributed by atoms with E-state index in [-0.39, 0.29) is 11.6 Å². The normalized spacial score (nSPS) is 15.5. The second-order valence-corrected chi connectivity index (χ2v) is 7.29. The monoisotopic (exact) mass is 406 g/mol. The highest BCUT2D eigenvalue weighted by atomic mass is 16.6. The average molecular weight is 406 g/mol. The number of methoxy groups -OCH3 is 1. The summed E-state index contributed by atoms with van der Waals surface area (Å²) >= 11 is 0. The van der Waals surface area contributed by atoms with E-state index < -0.39 is 11.0 Å². The van der Waals surface area contributed by atoms with Gasteiger partial charge in [0.2, 0.25) is 0 Å². The van der Waals surface area contributed by atoms with E-state index in [1.165, 1.54) is 6.07 Å². The predicted octanol–water partition coefficient (Wildman–Crippen LogP) is 3.88. The van der Waals surface area contributed by atoms with E-state index in [0.717, 1.165) is 11.1 Å². The van der Waals surface area contributed by atoms with Crippen molar-refractivity contribution >= 4 is 11.6 Å². The number of nitro groups is 1. The van der Waals surface area contributed by atoms with E-state index in [1.807, 2.05) is 31.2 Å². The van der Waals surface area contributed by atoms with Gasteiger partial charge in [-0.05, 0) is 19.4 Å². The molecule has 4 rings (SSSR count). The number of nitrogens with zero attached hydrogens (tertiary/aromatic N) is 3. The maximum atomic E-state index is 13.2. The molecular weight excluding hydrogens is 384 g/mol. The zero-order valence-electron chi connectivity index (χ0n) is 16.8. The summed E-state index contributed by atoms with van der Waals surface area (Å²) in [5, 5.41) is 19.0. The van der Waals surface area contributed by atoms with Crippen LogP contribution in [0, 0.1) is 17.0 Å². The van der Waals surface area contributed by atoms with Gasteiger partial charge in [0, 0.05) is 37.5 Å². The van der Waals surface area contributed by atoms with Crippen LogP contribution in [0.4, 0.5) is 5.69 Å². The van der Waals surface area contributed by atoms with Crippen molar-refractivity contribution in [2.75, 3.05) is 20.3 Å². The molecule has 1 amide bonds. The van der Waals surface area contributed by atoms with Gasteiger partial charge in [0.1, 0.15) is 5.69 Å². The van der Waals surface area contributed by atoms with Crippen molar-refractivity contribution in [3.63, 3.8) is 0 Å². The van der Waals surface area contributed by atoms with E-state index in [4.69, 9.17) is 4.74 Å². The lowest BCUT2D eigenvalue weighted by Gasteiger charge is -2.26. The number of nitro benzene ring substituents is 1. The van der Waals surface area contributed by atoms with Crippen molar-refractivity contribution in [3.8, 4) is 11.3 Å². The molecule has 0 saturated heterocycles. The molecule has 8 nitrogen and oxygen atoms in total. The van der Waals surface area contributed by atoms with Gasteiger partial charge in [-0.2, -0.15) is 5.10 Å². The minimum absolute atomic E-state index is 0.0176. The Morgan fingerprint density at radius 1 is 1.20 bits per heavy atom. The molecule has 8 heteroatoms. The Hall–Kier alpha value is -3.52. The Morgan fingerprint density at radius 3 is 2.63 bits per heavy atom. The van der Waals surface area contributed by atoms with Crippen molar-refractivity contribution in [1.29, 1.82) is 0 Å². The number of H-pyrrole nitrogens is 1. The van der Waals surface area contributed by atoms with E-state index in [0.29, 0.717) is 42.1 Å². The molecule has 154 valence electrons. The Bertz CT molecular complexity index is 1090. The molecule has 1 aromatic heterocycles. The van der Waals surface area contributed by atoms with Gasteiger partial charge < -0.3 is 9.64 Å². The molecule has 0 radical (unpaired) electrons. The molecule has 2 heterocycles. The number of hydrogen-bond donors (Lipinski definition) is 1. The number of benzene rings is 2. The van der Waals surface area contributed by atoms with Crippen LogP contribution in [0.3, 0.4) is 0 Å². The summed E-state index contributed by atoms with van der Waals surface area (Å²) in [4.78, 5) is 26.2. The third-order valence-corrected chi connectivity index (χ3v) is 5.36. The minimum atomic E-state index is -0.596. The molecule has 0 spiro atoms. The number of carbonyl (C=O) groups excluding carboxylic acids is 1. The number of rotatable bonds is 7. The van der Waals surface area contributed by atoms with Crippen molar-refractivity contribution in [1.82, 2.24) is 15.1 Å². The number of amides is 1. The van der Waals surface area contributed by atoms with Crippen LogP contribution >= 0.6 is 0 Å². The fourth-order valence-corrected chi connectivity index (χ4v) is 3.95. The summed E-state index contributed by atoms with van der Waals surface area (Å²) < 4.78 is 5.14. The zero-order valence-corrected chi connectivity index (χ0v) is 16.8. The standard InChI is InChI=1S/C22H22N4O4/c1-14-8-10-15(11-9-14)19-18-20(24-23-19)22(27)25(12-5-13-30-2)21(18)16-6-3-4-7-17(16)26(28)29/h3-4,6-11,21H,5,12-13H2,1-2H3,(H,23,24). The van der Waals surface area contributed by atoms with E-state index in [1.54, 1.807) is 30.2 Å². The lowest BCUT2D eigenvalue weighted by atomic mass is 9.94. The Balaban J connectivity index is 1.87. The third-order valence-electron chi connectivity index (χ3n) is 5.36. The number of hydrogen-bond acceptors (Lipinski definition) is 5. The van der Waals surface area contributed by atoms with Crippen LogP contribution in [0.1, 0.15) is 39.6 Å². The smallest absolute Gasteiger partial charge is 0.275 e. The van der Waals surface area contributed by atoms with Crippen molar-refractivity contribution in [3.05, 3.63) is 81.0 Å². The second kappa shape index (κ2) is 8.08. The van der Waals surface area contributed by atoms with Crippen LogP contribution in [-0.2, 0) is 4.74 Å². The Labute approximate surface area is 173 Å². The van der Waals surface area contributed by atoms with Gasteiger partial charge in [-0.1, -0.05) is 42.0 Å². The van der Waals surface area contributed by atoms with Crippen molar-refractivity contribution in [2.45, 2.75) is 19.4 Å². The summed E-state index contributed by atoms with van der Waals surface area (Å²) in [7, 11) is 1.60. The quantitative estimate of drug-likeness (QED) is 0.365. The molecule has 0 fully saturated rings. The molecule has 1 aliphatic rings. The predicted molar refractivity (Wildman–Crippen MR) is 111 cm³/mol. The summed E-state index contributed by atoms with van der Waals surface area (Å²) in [6.45, 7) is 2.90. The number of aryl methyl sites for hydroxylation is 1. The molecule has 3 aromatic rings. The third kappa shape index (κ3) is 3.35. The fourth-order valence-electron chi connectivity index (χ4n) is 3.95. The molecule has 0 aliphatic carbocycles. The number of carbonyl (C=O) groups is 1. The van der Waals surface area contributed by atoms with E-state index >= 15 is 0 Å². The number of aromatic nitrogens is 2. The molecule has 1 aliphatic heterocycles. The number of aromatic amines is 1. The molecule has 2 aromatic carbocycles. The van der Waals surface area contributed by atoms with Crippen LogP contribution < -0.4 is 0 Å². The maximum Gasteiger partial charge on any atom is 0.275 e. The lowest BCUT2D eigenvalue weighted by Crippen LogP contribution is -2.31. The first-order chi connectivity index (χ1) is 14.5. The molecular formula is C22H22N4O4. The Morgan fingerprint density at radius 2 is 1.93 bits per heavy atom. The highest BCUT2D eigenvalue weighted by molar-refractivity contribution is 6.00. The lowest BCUT2D eigenvalue weighted by molar-refractivity contribution is -0.385. The number of para-hydroxylation sites is 1. The van der Waals surface area contributed by atoms with Crippen LogP contribution in [0.2, 0.25) is 0 Å². The number of nitrogens with one attached hydrogen (secondary N) is 1. The largest absolute Gasteiger partial charge is 0.385 e. The van der Waals surface area contributed by atoms with Crippen LogP contribution in [0.15, 0.2) is 48.5 Å². The van der Waals surface area contributed by atoms with Gasteiger partial charge in [-0.25, -0.2) is 0 Å². The van der Waals surface area contributed by atoms with Gasteiger partial charge >= 0.3 is 0 Å². The zero-order chi connectivity index (χ0) is 21.3. The number of ether oxygens (including phenoxy) is 1. The second-order valence-electron chi connectivity index (χ2n) is 7.29. The van der Waals surface area contributed by atoms with Gasteiger partial charge in [-0.15, -0.1) is 0 Å².